The normalized spacial score (nSPS) is 11.9. The van der Waals surface area contributed by atoms with Crippen LogP contribution in [0, 0.1) is 11.7 Å². The zero-order chi connectivity index (χ0) is 21.5. The van der Waals surface area contributed by atoms with Gasteiger partial charge in [0, 0.05) is 12.1 Å². The van der Waals surface area contributed by atoms with Gasteiger partial charge >= 0.3 is 0 Å². The first-order valence-corrected chi connectivity index (χ1v) is 9.67. The molecule has 0 aliphatic carbocycles. The predicted molar refractivity (Wildman–Crippen MR) is 110 cm³/mol. The van der Waals surface area contributed by atoms with Gasteiger partial charge in [-0.15, -0.1) is 0 Å². The number of hydrogen-bond acceptors (Lipinski definition) is 4. The van der Waals surface area contributed by atoms with Crippen LogP contribution in [0.15, 0.2) is 61.2 Å². The van der Waals surface area contributed by atoms with E-state index in [1.807, 2.05) is 38.1 Å². The Morgan fingerprint density at radius 3 is 2.30 bits per heavy atom. The Balaban J connectivity index is 1.55. The van der Waals surface area contributed by atoms with Crippen molar-refractivity contribution < 1.29 is 14.0 Å². The van der Waals surface area contributed by atoms with Crippen molar-refractivity contribution in [2.75, 3.05) is 0 Å². The molecule has 1 heterocycles. The highest BCUT2D eigenvalue weighted by molar-refractivity contribution is 5.97. The van der Waals surface area contributed by atoms with Crippen molar-refractivity contribution in [3.8, 4) is 0 Å². The Morgan fingerprint density at radius 2 is 1.70 bits per heavy atom. The number of rotatable bonds is 8. The number of hydrogen-bond donors (Lipinski definition) is 2. The molecule has 0 spiro atoms. The van der Waals surface area contributed by atoms with Crippen LogP contribution < -0.4 is 10.6 Å². The number of nitrogens with zero attached hydrogens (tertiary/aromatic N) is 3. The van der Waals surface area contributed by atoms with E-state index in [9.17, 15) is 14.0 Å². The van der Waals surface area contributed by atoms with E-state index >= 15 is 0 Å². The van der Waals surface area contributed by atoms with Crippen LogP contribution in [0.3, 0.4) is 0 Å². The van der Waals surface area contributed by atoms with E-state index in [1.165, 1.54) is 30.6 Å². The van der Waals surface area contributed by atoms with Crippen molar-refractivity contribution in [3.63, 3.8) is 0 Å². The Labute approximate surface area is 174 Å². The van der Waals surface area contributed by atoms with Gasteiger partial charge in [-0.2, -0.15) is 5.10 Å². The number of benzene rings is 2. The van der Waals surface area contributed by atoms with Gasteiger partial charge in [0.2, 0.25) is 5.91 Å². The highest BCUT2D eigenvalue weighted by Gasteiger charge is 2.24. The number of halogens is 1. The fourth-order valence-electron chi connectivity index (χ4n) is 2.92. The summed E-state index contributed by atoms with van der Waals surface area (Å²) in [6.45, 7) is 4.68. The molecule has 1 aromatic heterocycles. The van der Waals surface area contributed by atoms with Crippen LogP contribution in [0.2, 0.25) is 0 Å². The van der Waals surface area contributed by atoms with Crippen LogP contribution in [0.5, 0.6) is 0 Å². The molecule has 2 N–H and O–H groups in total. The first-order valence-electron chi connectivity index (χ1n) is 9.67. The first-order chi connectivity index (χ1) is 14.4. The molecule has 0 saturated carbocycles. The third-order valence-electron chi connectivity index (χ3n) is 4.64. The average molecular weight is 409 g/mol. The van der Waals surface area contributed by atoms with Crippen molar-refractivity contribution >= 4 is 11.8 Å². The van der Waals surface area contributed by atoms with Gasteiger partial charge in [-0.1, -0.05) is 38.1 Å². The third kappa shape index (κ3) is 5.73. The molecule has 30 heavy (non-hydrogen) atoms. The highest BCUT2D eigenvalue weighted by atomic mass is 19.1. The van der Waals surface area contributed by atoms with Gasteiger partial charge in [-0.25, -0.2) is 14.1 Å². The van der Waals surface area contributed by atoms with Crippen LogP contribution in [0.1, 0.15) is 35.3 Å². The molecule has 0 aliphatic rings. The zero-order valence-corrected chi connectivity index (χ0v) is 16.9. The van der Waals surface area contributed by atoms with Gasteiger partial charge < -0.3 is 10.6 Å². The molecule has 3 aromatic rings. The lowest BCUT2D eigenvalue weighted by Gasteiger charge is -2.22. The Kier molecular flexibility index (Phi) is 6.90. The monoisotopic (exact) mass is 409 g/mol. The quantitative estimate of drug-likeness (QED) is 0.598. The Bertz CT molecular complexity index is 970. The molecule has 2 aromatic carbocycles. The molecule has 0 aliphatic heterocycles. The van der Waals surface area contributed by atoms with Crippen LogP contribution in [-0.2, 0) is 17.9 Å². The lowest BCUT2D eigenvalue weighted by Crippen LogP contribution is -2.49. The highest BCUT2D eigenvalue weighted by Crippen LogP contribution is 2.09. The van der Waals surface area contributed by atoms with Gasteiger partial charge in [0.15, 0.2) is 0 Å². The topological polar surface area (TPSA) is 88.9 Å². The van der Waals surface area contributed by atoms with Crippen LogP contribution >= 0.6 is 0 Å². The maximum Gasteiger partial charge on any atom is 0.251 e. The minimum Gasteiger partial charge on any atom is -0.350 e. The second-order valence-corrected chi connectivity index (χ2v) is 7.33. The van der Waals surface area contributed by atoms with Crippen LogP contribution in [0.25, 0.3) is 0 Å². The van der Waals surface area contributed by atoms with Gasteiger partial charge in [-0.05, 0) is 41.3 Å². The molecule has 2 amide bonds. The largest absolute Gasteiger partial charge is 0.350 e. The number of nitrogens with one attached hydrogen (secondary N) is 2. The van der Waals surface area contributed by atoms with Crippen molar-refractivity contribution in [3.05, 3.63) is 83.7 Å². The summed E-state index contributed by atoms with van der Waals surface area (Å²) in [5.41, 5.74) is 2.32. The summed E-state index contributed by atoms with van der Waals surface area (Å²) in [4.78, 5) is 29.0. The van der Waals surface area contributed by atoms with Gasteiger partial charge in [0.05, 0.1) is 6.54 Å². The molecule has 0 fully saturated rings. The number of aromatic nitrogens is 3. The summed E-state index contributed by atoms with van der Waals surface area (Å²) in [7, 11) is 0. The van der Waals surface area contributed by atoms with E-state index < -0.39 is 17.8 Å². The zero-order valence-electron chi connectivity index (χ0n) is 16.9. The summed E-state index contributed by atoms with van der Waals surface area (Å²) in [6.07, 6.45) is 3.14. The summed E-state index contributed by atoms with van der Waals surface area (Å²) < 4.78 is 14.8. The summed E-state index contributed by atoms with van der Waals surface area (Å²) in [5, 5.41) is 9.68. The number of carbonyl (C=O) groups excluding carboxylic acids is 2. The lowest BCUT2D eigenvalue weighted by atomic mass is 10.0. The van der Waals surface area contributed by atoms with Crippen molar-refractivity contribution in [1.82, 2.24) is 25.4 Å². The van der Waals surface area contributed by atoms with Crippen molar-refractivity contribution in [2.24, 2.45) is 5.92 Å². The molecular weight excluding hydrogens is 385 g/mol. The molecule has 0 saturated heterocycles. The lowest BCUT2D eigenvalue weighted by molar-refractivity contribution is -0.124. The van der Waals surface area contributed by atoms with Gasteiger partial charge in [0.1, 0.15) is 24.5 Å². The minimum atomic E-state index is -0.700. The number of carbonyl (C=O) groups is 2. The van der Waals surface area contributed by atoms with Crippen LogP contribution in [0.4, 0.5) is 4.39 Å². The minimum absolute atomic E-state index is 0.112. The van der Waals surface area contributed by atoms with Gasteiger partial charge in [0.25, 0.3) is 5.91 Å². The van der Waals surface area contributed by atoms with E-state index in [0.717, 1.165) is 11.1 Å². The molecular formula is C22H24FN5O2. The van der Waals surface area contributed by atoms with E-state index in [-0.39, 0.29) is 11.8 Å². The standard InChI is InChI=1S/C22H24FN5O2/c1-15(2)20(27-21(29)18-7-9-19(23)10-8-18)22(30)25-11-16-3-5-17(6-4-16)12-28-14-24-13-26-28/h3-10,13-15,20H,11-12H2,1-2H3,(H,25,30)(H,27,29). The molecule has 0 radical (unpaired) electrons. The molecule has 3 rings (SSSR count). The summed E-state index contributed by atoms with van der Waals surface area (Å²) in [6, 6.07) is 12.3. The maximum absolute atomic E-state index is 13.0. The molecule has 0 bridgehead atoms. The van der Waals surface area contributed by atoms with E-state index in [4.69, 9.17) is 0 Å². The van der Waals surface area contributed by atoms with E-state index in [0.29, 0.717) is 18.7 Å². The average Bonchev–Trinajstić information content (AvgIpc) is 3.24. The first kappa shape index (κ1) is 21.2. The van der Waals surface area contributed by atoms with Crippen molar-refractivity contribution in [2.45, 2.75) is 33.0 Å². The second kappa shape index (κ2) is 9.78. The maximum atomic E-state index is 13.0. The predicted octanol–water partition coefficient (Wildman–Crippen LogP) is 2.54. The summed E-state index contributed by atoms with van der Waals surface area (Å²) in [5.74, 6) is -1.22. The Morgan fingerprint density at radius 1 is 1.03 bits per heavy atom. The fraction of sp³-hybridized carbons (Fsp3) is 0.273. The van der Waals surface area contributed by atoms with Crippen LogP contribution in [-0.4, -0.2) is 32.6 Å². The SMILES string of the molecule is CC(C)C(NC(=O)c1ccc(F)cc1)C(=O)NCc1ccc(Cn2cncn2)cc1. The molecule has 156 valence electrons. The fourth-order valence-corrected chi connectivity index (χ4v) is 2.92. The molecule has 8 heteroatoms. The Hall–Kier alpha value is -3.55. The molecule has 1 atom stereocenters. The molecule has 7 nitrogen and oxygen atoms in total. The van der Waals surface area contributed by atoms with E-state index in [2.05, 4.69) is 20.7 Å². The van der Waals surface area contributed by atoms with E-state index in [1.54, 1.807) is 11.0 Å². The second-order valence-electron chi connectivity index (χ2n) is 7.33. The smallest absolute Gasteiger partial charge is 0.251 e. The molecule has 1 unspecified atom stereocenters. The van der Waals surface area contributed by atoms with Gasteiger partial charge in [-0.3, -0.25) is 9.59 Å². The summed E-state index contributed by atoms with van der Waals surface area (Å²) >= 11 is 0. The number of amides is 2. The van der Waals surface area contributed by atoms with Crippen molar-refractivity contribution in [1.29, 1.82) is 0 Å². The third-order valence-corrected chi connectivity index (χ3v) is 4.64.